The zero-order valence-corrected chi connectivity index (χ0v) is 12.8. The monoisotopic (exact) mass is 272 g/mol. The van der Waals surface area contributed by atoms with Gasteiger partial charge in [0.15, 0.2) is 0 Å². The van der Waals surface area contributed by atoms with E-state index < -0.39 is 0 Å². The predicted octanol–water partition coefficient (Wildman–Crippen LogP) is 3.70. The van der Waals surface area contributed by atoms with Crippen molar-refractivity contribution in [2.75, 3.05) is 13.7 Å². The van der Waals surface area contributed by atoms with E-state index >= 15 is 0 Å². The maximum absolute atomic E-state index is 5.59. The van der Waals surface area contributed by atoms with Crippen molar-refractivity contribution in [3.05, 3.63) is 42.2 Å². The predicted molar refractivity (Wildman–Crippen MR) is 83.9 cm³/mol. The topological polar surface area (TPSA) is 34.1 Å². The van der Waals surface area contributed by atoms with Crippen LogP contribution in [-0.2, 0) is 4.74 Å². The first-order valence-corrected chi connectivity index (χ1v) is 7.18. The van der Waals surface area contributed by atoms with Crippen LogP contribution in [0.15, 0.2) is 36.7 Å². The fourth-order valence-corrected chi connectivity index (χ4v) is 2.53. The van der Waals surface area contributed by atoms with Gasteiger partial charge in [0.05, 0.1) is 5.60 Å². The summed E-state index contributed by atoms with van der Waals surface area (Å²) >= 11 is 0. The highest BCUT2D eigenvalue weighted by molar-refractivity contribution is 5.85. The summed E-state index contributed by atoms with van der Waals surface area (Å²) in [5.74, 6) is 0. The lowest BCUT2D eigenvalue weighted by Gasteiger charge is -2.29. The van der Waals surface area contributed by atoms with Crippen LogP contribution in [0.25, 0.3) is 10.8 Å². The van der Waals surface area contributed by atoms with Crippen LogP contribution in [0.4, 0.5) is 0 Å². The highest BCUT2D eigenvalue weighted by atomic mass is 16.5. The second-order valence-corrected chi connectivity index (χ2v) is 5.73. The largest absolute Gasteiger partial charge is 0.379 e. The zero-order chi connectivity index (χ0) is 14.6. The molecule has 1 N–H and O–H groups in total. The van der Waals surface area contributed by atoms with Gasteiger partial charge in [-0.25, -0.2) is 0 Å². The lowest BCUT2D eigenvalue weighted by Crippen LogP contribution is -2.32. The van der Waals surface area contributed by atoms with Crippen molar-refractivity contribution in [2.24, 2.45) is 0 Å². The number of ether oxygens (including phenoxy) is 1. The van der Waals surface area contributed by atoms with E-state index in [1.807, 2.05) is 12.4 Å². The summed E-state index contributed by atoms with van der Waals surface area (Å²) in [5, 5.41) is 6.01. The molecule has 0 fully saturated rings. The molecular weight excluding hydrogens is 248 g/mol. The van der Waals surface area contributed by atoms with Gasteiger partial charge in [0.1, 0.15) is 0 Å². The Labute approximate surface area is 121 Å². The third-order valence-corrected chi connectivity index (χ3v) is 3.77. The second-order valence-electron chi connectivity index (χ2n) is 5.73. The van der Waals surface area contributed by atoms with Gasteiger partial charge in [0.25, 0.3) is 0 Å². The van der Waals surface area contributed by atoms with Crippen molar-refractivity contribution in [3.63, 3.8) is 0 Å². The smallest absolute Gasteiger partial charge is 0.0640 e. The highest BCUT2D eigenvalue weighted by Crippen LogP contribution is 2.30. The minimum Gasteiger partial charge on any atom is -0.379 e. The van der Waals surface area contributed by atoms with Crippen molar-refractivity contribution >= 4 is 10.8 Å². The number of nitrogens with zero attached hydrogens (tertiary/aromatic N) is 1. The van der Waals surface area contributed by atoms with Gasteiger partial charge in [-0.05, 0) is 37.8 Å². The van der Waals surface area contributed by atoms with Crippen molar-refractivity contribution in [1.82, 2.24) is 10.3 Å². The van der Waals surface area contributed by atoms with E-state index in [-0.39, 0.29) is 11.6 Å². The lowest BCUT2D eigenvalue weighted by molar-refractivity contribution is 0.00707. The number of methoxy groups -OCH3 is 1. The quantitative estimate of drug-likeness (QED) is 0.870. The maximum atomic E-state index is 5.59. The summed E-state index contributed by atoms with van der Waals surface area (Å²) in [5.41, 5.74) is 1.08. The van der Waals surface area contributed by atoms with E-state index in [1.54, 1.807) is 7.11 Å². The number of benzene rings is 1. The van der Waals surface area contributed by atoms with Crippen LogP contribution < -0.4 is 5.32 Å². The van der Waals surface area contributed by atoms with Gasteiger partial charge in [0, 0.05) is 30.9 Å². The third kappa shape index (κ3) is 3.35. The molecule has 1 aromatic carbocycles. The van der Waals surface area contributed by atoms with Crippen LogP contribution in [0.1, 0.15) is 38.8 Å². The van der Waals surface area contributed by atoms with Crippen LogP contribution >= 0.6 is 0 Å². The van der Waals surface area contributed by atoms with Gasteiger partial charge in [-0.3, -0.25) is 4.98 Å². The SMILES string of the molecule is CCNC(CC(C)(C)OC)c1cncc2ccccc12. The summed E-state index contributed by atoms with van der Waals surface area (Å²) in [6.45, 7) is 7.30. The molecule has 0 saturated carbocycles. The molecule has 3 heteroatoms. The average molecular weight is 272 g/mol. The third-order valence-electron chi connectivity index (χ3n) is 3.77. The molecule has 0 spiro atoms. The number of fused-ring (bicyclic) bond motifs is 1. The Bertz CT molecular complexity index is 560. The standard InChI is InChI=1S/C17H24N2O/c1-5-19-16(10-17(2,3)20-4)15-12-18-11-13-8-6-7-9-14(13)15/h6-9,11-12,16,19H,5,10H2,1-4H3. The van der Waals surface area contributed by atoms with Gasteiger partial charge in [-0.1, -0.05) is 31.2 Å². The first kappa shape index (κ1) is 14.9. The number of hydrogen-bond acceptors (Lipinski definition) is 3. The van der Waals surface area contributed by atoms with Crippen LogP contribution in [0.3, 0.4) is 0 Å². The number of rotatable bonds is 6. The fraction of sp³-hybridized carbons (Fsp3) is 0.471. The molecule has 2 rings (SSSR count). The normalized spacial score (nSPS) is 13.6. The first-order chi connectivity index (χ1) is 9.57. The van der Waals surface area contributed by atoms with E-state index in [1.165, 1.54) is 16.3 Å². The Kier molecular flexibility index (Phi) is 4.73. The molecule has 1 heterocycles. The average Bonchev–Trinajstić information content (AvgIpc) is 2.46. The van der Waals surface area contributed by atoms with Crippen molar-refractivity contribution in [2.45, 2.75) is 38.8 Å². The number of aromatic nitrogens is 1. The molecule has 1 atom stereocenters. The van der Waals surface area contributed by atoms with E-state index in [2.05, 4.69) is 55.3 Å². The molecule has 0 saturated heterocycles. The second kappa shape index (κ2) is 6.33. The molecule has 1 unspecified atom stereocenters. The van der Waals surface area contributed by atoms with Crippen molar-refractivity contribution in [3.8, 4) is 0 Å². The fourth-order valence-electron chi connectivity index (χ4n) is 2.53. The Morgan fingerprint density at radius 1 is 1.25 bits per heavy atom. The van der Waals surface area contributed by atoms with Gasteiger partial charge in [-0.15, -0.1) is 0 Å². The van der Waals surface area contributed by atoms with Crippen LogP contribution in [-0.4, -0.2) is 24.2 Å². The van der Waals surface area contributed by atoms with Crippen LogP contribution in [0.2, 0.25) is 0 Å². The summed E-state index contributed by atoms with van der Waals surface area (Å²) in [6.07, 6.45) is 4.80. The molecule has 0 amide bonds. The van der Waals surface area contributed by atoms with E-state index in [0.717, 1.165) is 13.0 Å². The van der Waals surface area contributed by atoms with Crippen LogP contribution in [0, 0.1) is 0 Å². The Morgan fingerprint density at radius 2 is 2.00 bits per heavy atom. The Balaban J connectivity index is 2.41. The molecule has 3 nitrogen and oxygen atoms in total. The summed E-state index contributed by atoms with van der Waals surface area (Å²) < 4.78 is 5.59. The molecule has 1 aromatic heterocycles. The molecule has 0 bridgehead atoms. The molecular formula is C17H24N2O. The van der Waals surface area contributed by atoms with E-state index in [4.69, 9.17) is 4.74 Å². The minimum atomic E-state index is -0.163. The summed E-state index contributed by atoms with van der Waals surface area (Å²) in [6, 6.07) is 8.65. The minimum absolute atomic E-state index is 0.163. The van der Waals surface area contributed by atoms with Gasteiger partial charge in [-0.2, -0.15) is 0 Å². The number of hydrogen-bond donors (Lipinski definition) is 1. The molecule has 108 valence electrons. The highest BCUT2D eigenvalue weighted by Gasteiger charge is 2.24. The van der Waals surface area contributed by atoms with Gasteiger partial charge < -0.3 is 10.1 Å². The molecule has 0 aliphatic rings. The van der Waals surface area contributed by atoms with Crippen molar-refractivity contribution < 1.29 is 4.74 Å². The Hall–Kier alpha value is -1.45. The molecule has 20 heavy (non-hydrogen) atoms. The van der Waals surface area contributed by atoms with Gasteiger partial charge >= 0.3 is 0 Å². The van der Waals surface area contributed by atoms with E-state index in [9.17, 15) is 0 Å². The maximum Gasteiger partial charge on any atom is 0.0640 e. The number of pyridine rings is 1. The molecule has 2 aromatic rings. The zero-order valence-electron chi connectivity index (χ0n) is 12.8. The summed E-state index contributed by atoms with van der Waals surface area (Å²) in [4.78, 5) is 4.39. The van der Waals surface area contributed by atoms with Gasteiger partial charge in [0.2, 0.25) is 0 Å². The summed E-state index contributed by atoms with van der Waals surface area (Å²) in [7, 11) is 1.77. The van der Waals surface area contributed by atoms with Crippen LogP contribution in [0.5, 0.6) is 0 Å². The molecule has 0 aliphatic heterocycles. The first-order valence-electron chi connectivity index (χ1n) is 7.18. The molecule has 0 aliphatic carbocycles. The molecule has 0 radical (unpaired) electrons. The number of nitrogens with one attached hydrogen (secondary N) is 1. The Morgan fingerprint density at radius 3 is 2.70 bits per heavy atom. The van der Waals surface area contributed by atoms with E-state index in [0.29, 0.717) is 0 Å². The lowest BCUT2D eigenvalue weighted by atomic mass is 9.92. The van der Waals surface area contributed by atoms with Crippen molar-refractivity contribution in [1.29, 1.82) is 0 Å².